The highest BCUT2D eigenvalue weighted by Crippen LogP contribution is 2.34. The van der Waals surface area contributed by atoms with E-state index in [4.69, 9.17) is 27.9 Å². The number of amides is 1. The molecule has 0 aromatic heterocycles. The lowest BCUT2D eigenvalue weighted by atomic mass is 9.83. The van der Waals surface area contributed by atoms with Crippen LogP contribution in [-0.2, 0) is 11.2 Å². The van der Waals surface area contributed by atoms with Crippen molar-refractivity contribution in [2.45, 2.75) is 39.2 Å². The third-order valence-corrected chi connectivity index (χ3v) is 6.30. The van der Waals surface area contributed by atoms with Gasteiger partial charge in [0.1, 0.15) is 5.82 Å². The number of fused-ring (bicyclic) bond motifs is 1. The normalized spacial score (nSPS) is 18.1. The second-order valence-corrected chi connectivity index (χ2v) is 8.90. The summed E-state index contributed by atoms with van der Waals surface area (Å²) in [5, 5.41) is 6.84. The summed E-state index contributed by atoms with van der Waals surface area (Å²) >= 11 is 12.1. The van der Waals surface area contributed by atoms with Crippen LogP contribution in [-0.4, -0.2) is 31.6 Å². The summed E-state index contributed by atoms with van der Waals surface area (Å²) in [7, 11) is 0. The topological polar surface area (TPSA) is 62.7 Å². The first-order valence-electron chi connectivity index (χ1n) is 11.5. The maximum Gasteiger partial charge on any atom is 0.257 e. The Morgan fingerprint density at radius 1 is 1.21 bits per heavy atom. The maximum absolute atomic E-state index is 14.5. The Morgan fingerprint density at radius 2 is 2.03 bits per heavy atom. The van der Waals surface area contributed by atoms with Gasteiger partial charge in [-0.15, -0.1) is 0 Å². The molecule has 34 heavy (non-hydrogen) atoms. The molecule has 1 aliphatic carbocycles. The van der Waals surface area contributed by atoms with Crippen LogP contribution in [0.1, 0.15) is 54.2 Å². The summed E-state index contributed by atoms with van der Waals surface area (Å²) in [4.78, 5) is 17.5. The molecule has 0 spiro atoms. The predicted octanol–water partition coefficient (Wildman–Crippen LogP) is 6.11. The Hall–Kier alpha value is -2.41. The maximum atomic E-state index is 14.5. The zero-order chi connectivity index (χ0) is 24.5. The van der Waals surface area contributed by atoms with Crippen LogP contribution in [0.4, 0.5) is 4.39 Å². The van der Waals surface area contributed by atoms with Crippen molar-refractivity contribution < 1.29 is 13.9 Å². The van der Waals surface area contributed by atoms with Crippen LogP contribution in [0.15, 0.2) is 53.5 Å². The number of rotatable bonds is 7. The number of halogens is 3. The second-order valence-electron chi connectivity index (χ2n) is 8.06. The standard InChI is InChI=1S/C26H30Cl2FN3O2/c1-3-17-8-5-6-9-18-15-22(28)23(29)16-21(18)24(17)31-26(30-12-13-34-4-2)32-25(33)19-10-7-11-20(27)14-19/h5-7,10-11,14-17,24H,3-4,8-9,12-13H2,1-2H3,(H2,30,31,32,33). The van der Waals surface area contributed by atoms with Crippen molar-refractivity contribution in [3.8, 4) is 0 Å². The lowest BCUT2D eigenvalue weighted by Gasteiger charge is -2.31. The average molecular weight is 506 g/mol. The van der Waals surface area contributed by atoms with Gasteiger partial charge in [0.05, 0.1) is 24.2 Å². The number of carbonyl (C=O) groups is 1. The number of ether oxygens (including phenoxy) is 1. The quantitative estimate of drug-likeness (QED) is 0.206. The molecule has 2 aromatic rings. The molecule has 2 aromatic carbocycles. The third-order valence-electron chi connectivity index (χ3n) is 5.78. The fraction of sp³-hybridized carbons (Fsp3) is 0.385. The molecule has 182 valence electrons. The molecule has 5 nitrogen and oxygen atoms in total. The van der Waals surface area contributed by atoms with Gasteiger partial charge in [-0.05, 0) is 67.1 Å². The van der Waals surface area contributed by atoms with Crippen molar-refractivity contribution in [1.29, 1.82) is 0 Å². The Bertz CT molecular complexity index is 1060. The van der Waals surface area contributed by atoms with E-state index in [0.717, 1.165) is 24.0 Å². The van der Waals surface area contributed by atoms with Gasteiger partial charge in [-0.1, -0.05) is 54.8 Å². The third kappa shape index (κ3) is 7.05. The van der Waals surface area contributed by atoms with E-state index in [2.05, 4.69) is 34.7 Å². The van der Waals surface area contributed by atoms with Crippen LogP contribution in [0.2, 0.25) is 10.0 Å². The van der Waals surface area contributed by atoms with E-state index in [-0.39, 0.29) is 22.9 Å². The van der Waals surface area contributed by atoms with E-state index < -0.39 is 5.82 Å². The van der Waals surface area contributed by atoms with Crippen LogP contribution >= 0.6 is 23.2 Å². The Morgan fingerprint density at radius 3 is 2.76 bits per heavy atom. The lowest BCUT2D eigenvalue weighted by molar-refractivity contribution is 0.0974. The van der Waals surface area contributed by atoms with Gasteiger partial charge >= 0.3 is 0 Å². The molecule has 0 heterocycles. The Labute approximate surface area is 210 Å². The zero-order valence-corrected chi connectivity index (χ0v) is 20.9. The molecular weight excluding hydrogens is 476 g/mol. The highest BCUT2D eigenvalue weighted by atomic mass is 35.5. The molecule has 0 bridgehead atoms. The first kappa shape index (κ1) is 26.2. The monoisotopic (exact) mass is 505 g/mol. The number of hydrogen-bond donors (Lipinski definition) is 2. The molecule has 0 radical (unpaired) electrons. The van der Waals surface area contributed by atoms with E-state index in [1.54, 1.807) is 30.3 Å². The summed E-state index contributed by atoms with van der Waals surface area (Å²) < 4.78 is 19.9. The first-order valence-corrected chi connectivity index (χ1v) is 12.3. The largest absolute Gasteiger partial charge is 0.380 e. The van der Waals surface area contributed by atoms with Crippen LogP contribution in [0, 0.1) is 11.7 Å². The molecule has 1 aliphatic rings. The molecule has 1 amide bonds. The molecule has 3 rings (SSSR count). The number of nitrogens with one attached hydrogen (secondary N) is 2. The number of allylic oxidation sites excluding steroid dienone is 2. The molecule has 2 N–H and O–H groups in total. The minimum absolute atomic E-state index is 0.0967. The summed E-state index contributed by atoms with van der Waals surface area (Å²) in [6, 6.07) is 9.60. The van der Waals surface area contributed by atoms with E-state index in [1.807, 2.05) is 6.92 Å². The molecule has 0 aliphatic heterocycles. The Kier molecular flexibility index (Phi) is 9.93. The van der Waals surface area contributed by atoms with Gasteiger partial charge in [-0.3, -0.25) is 15.1 Å². The number of aliphatic imine (C=N–C) groups is 1. The van der Waals surface area contributed by atoms with Crippen LogP contribution in [0.3, 0.4) is 0 Å². The van der Waals surface area contributed by atoms with E-state index in [1.165, 1.54) is 6.07 Å². The van der Waals surface area contributed by atoms with Crippen molar-refractivity contribution in [3.63, 3.8) is 0 Å². The summed E-state index contributed by atoms with van der Waals surface area (Å²) in [5.74, 6) is -0.356. The number of guanidine groups is 1. The van der Waals surface area contributed by atoms with Crippen LogP contribution in [0.5, 0.6) is 0 Å². The minimum Gasteiger partial charge on any atom is -0.380 e. The Balaban J connectivity index is 1.94. The molecule has 0 saturated carbocycles. The van der Waals surface area contributed by atoms with Gasteiger partial charge in [0.2, 0.25) is 0 Å². The highest BCUT2D eigenvalue weighted by Gasteiger charge is 2.27. The van der Waals surface area contributed by atoms with Crippen molar-refractivity contribution in [1.82, 2.24) is 10.6 Å². The van der Waals surface area contributed by atoms with Crippen molar-refractivity contribution in [2.75, 3.05) is 19.8 Å². The molecule has 8 heteroatoms. The molecular formula is C26H30Cl2FN3O2. The number of hydrogen-bond acceptors (Lipinski definition) is 3. The fourth-order valence-electron chi connectivity index (χ4n) is 3.98. The molecule has 0 fully saturated rings. The van der Waals surface area contributed by atoms with Crippen LogP contribution < -0.4 is 10.6 Å². The predicted molar refractivity (Wildman–Crippen MR) is 136 cm³/mol. The lowest BCUT2D eigenvalue weighted by Crippen LogP contribution is -2.45. The van der Waals surface area contributed by atoms with Gasteiger partial charge in [0, 0.05) is 17.2 Å². The van der Waals surface area contributed by atoms with E-state index >= 15 is 0 Å². The van der Waals surface area contributed by atoms with E-state index in [0.29, 0.717) is 42.7 Å². The van der Waals surface area contributed by atoms with Crippen molar-refractivity contribution in [2.24, 2.45) is 10.9 Å². The summed E-state index contributed by atoms with van der Waals surface area (Å²) in [5.41, 5.74) is 2.17. The van der Waals surface area contributed by atoms with E-state index in [9.17, 15) is 9.18 Å². The van der Waals surface area contributed by atoms with Crippen molar-refractivity contribution in [3.05, 3.63) is 81.1 Å². The fourth-order valence-corrected chi connectivity index (χ4v) is 4.36. The summed E-state index contributed by atoms with van der Waals surface area (Å²) in [6.45, 7) is 5.36. The SMILES string of the molecule is CCOCCN=C(NC(=O)c1cccc(Cl)c1)NC1c2cc(F)c(Cl)cc2CC=CCC1CC. The minimum atomic E-state index is -0.468. The van der Waals surface area contributed by atoms with Crippen LogP contribution in [0.25, 0.3) is 0 Å². The van der Waals surface area contributed by atoms with Gasteiger partial charge in [-0.25, -0.2) is 4.39 Å². The molecule has 2 atom stereocenters. The number of carbonyl (C=O) groups excluding carboxylic acids is 1. The van der Waals surface area contributed by atoms with Gasteiger partial charge in [-0.2, -0.15) is 0 Å². The molecule has 0 saturated heterocycles. The highest BCUT2D eigenvalue weighted by molar-refractivity contribution is 6.31. The van der Waals surface area contributed by atoms with Gasteiger partial charge in [0.15, 0.2) is 5.96 Å². The first-order chi connectivity index (χ1) is 16.4. The number of nitrogens with zero attached hydrogens (tertiary/aromatic N) is 1. The number of benzene rings is 2. The van der Waals surface area contributed by atoms with Gasteiger partial charge < -0.3 is 10.1 Å². The molecule has 2 unspecified atom stereocenters. The second kappa shape index (κ2) is 12.9. The van der Waals surface area contributed by atoms with Gasteiger partial charge in [0.25, 0.3) is 5.91 Å². The smallest absolute Gasteiger partial charge is 0.257 e. The van der Waals surface area contributed by atoms with Crippen molar-refractivity contribution >= 4 is 35.1 Å². The summed E-state index contributed by atoms with van der Waals surface area (Å²) in [6.07, 6.45) is 6.53. The average Bonchev–Trinajstić information content (AvgIpc) is 2.81. The zero-order valence-electron chi connectivity index (χ0n) is 19.4.